The van der Waals surface area contributed by atoms with Crippen molar-refractivity contribution in [2.75, 3.05) is 10.8 Å². The molecule has 9 heteroatoms. The molecule has 208 valence electrons. The average Bonchev–Trinajstić information content (AvgIpc) is 2.91. The monoisotopic (exact) mass is 553 g/mol. The van der Waals surface area contributed by atoms with E-state index in [-0.39, 0.29) is 29.1 Å². The number of halogens is 1. The van der Waals surface area contributed by atoms with Crippen LogP contribution < -0.4 is 9.62 Å². The molecule has 0 saturated heterocycles. The zero-order valence-electron chi connectivity index (χ0n) is 23.0. The summed E-state index contributed by atoms with van der Waals surface area (Å²) in [7, 11) is -4.32. The molecule has 0 aliphatic heterocycles. The Hall–Kier alpha value is -3.72. The summed E-state index contributed by atoms with van der Waals surface area (Å²) in [5.74, 6) is -1.78. The Bertz CT molecular complexity index is 1390. The SMILES string of the molecule is CC[C@H](C)NC(=O)[C@@H](C)N(Cc1ccc(C)cc1)C(=O)CN(c1ccccc1F)S(=O)(=O)c1ccc(C)cc1. The molecule has 1 N–H and O–H groups in total. The van der Waals surface area contributed by atoms with E-state index >= 15 is 0 Å². The van der Waals surface area contributed by atoms with Crippen LogP contribution in [0.4, 0.5) is 10.1 Å². The number of rotatable bonds is 11. The van der Waals surface area contributed by atoms with E-state index in [2.05, 4.69) is 5.32 Å². The molecule has 3 aromatic carbocycles. The molecule has 0 radical (unpaired) electrons. The molecule has 3 aromatic rings. The zero-order chi connectivity index (χ0) is 28.7. The van der Waals surface area contributed by atoms with Gasteiger partial charge in [0.1, 0.15) is 18.4 Å². The van der Waals surface area contributed by atoms with Crippen molar-refractivity contribution >= 4 is 27.5 Å². The zero-order valence-corrected chi connectivity index (χ0v) is 23.8. The lowest BCUT2D eigenvalue weighted by atomic mass is 10.1. The van der Waals surface area contributed by atoms with E-state index in [1.165, 1.54) is 35.2 Å². The van der Waals surface area contributed by atoms with E-state index in [4.69, 9.17) is 0 Å². The lowest BCUT2D eigenvalue weighted by Crippen LogP contribution is -2.52. The highest BCUT2D eigenvalue weighted by atomic mass is 32.2. The van der Waals surface area contributed by atoms with E-state index in [1.54, 1.807) is 19.1 Å². The Kier molecular flexibility index (Phi) is 9.86. The third-order valence-electron chi connectivity index (χ3n) is 6.65. The summed E-state index contributed by atoms with van der Waals surface area (Å²) in [6.45, 7) is 8.55. The van der Waals surface area contributed by atoms with Gasteiger partial charge in [-0.1, -0.05) is 66.6 Å². The van der Waals surface area contributed by atoms with Crippen LogP contribution in [0.1, 0.15) is 43.9 Å². The number of carbonyl (C=O) groups is 2. The number of anilines is 1. The fourth-order valence-electron chi connectivity index (χ4n) is 3.94. The average molecular weight is 554 g/mol. The van der Waals surface area contributed by atoms with Gasteiger partial charge in [0.25, 0.3) is 10.0 Å². The number of amides is 2. The first-order valence-corrected chi connectivity index (χ1v) is 14.4. The van der Waals surface area contributed by atoms with Gasteiger partial charge in [-0.25, -0.2) is 12.8 Å². The van der Waals surface area contributed by atoms with Crippen molar-refractivity contribution in [1.82, 2.24) is 10.2 Å². The highest BCUT2D eigenvalue weighted by molar-refractivity contribution is 7.92. The molecule has 7 nitrogen and oxygen atoms in total. The van der Waals surface area contributed by atoms with E-state index in [0.29, 0.717) is 6.42 Å². The van der Waals surface area contributed by atoms with Crippen molar-refractivity contribution in [1.29, 1.82) is 0 Å². The van der Waals surface area contributed by atoms with Gasteiger partial charge < -0.3 is 10.2 Å². The summed E-state index contributed by atoms with van der Waals surface area (Å²) < 4.78 is 43.2. The van der Waals surface area contributed by atoms with Crippen LogP contribution >= 0.6 is 0 Å². The first kappa shape index (κ1) is 29.8. The van der Waals surface area contributed by atoms with Gasteiger partial charge in [0, 0.05) is 12.6 Å². The Balaban J connectivity index is 2.03. The summed E-state index contributed by atoms with van der Waals surface area (Å²) in [5.41, 5.74) is 2.41. The molecule has 0 aliphatic rings. The second-order valence-electron chi connectivity index (χ2n) is 9.78. The van der Waals surface area contributed by atoms with Gasteiger partial charge in [-0.3, -0.25) is 13.9 Å². The van der Waals surface area contributed by atoms with Gasteiger partial charge in [0.2, 0.25) is 11.8 Å². The number of nitrogens with one attached hydrogen (secondary N) is 1. The van der Waals surface area contributed by atoms with Crippen molar-refractivity contribution in [2.24, 2.45) is 0 Å². The Morgan fingerprint density at radius 2 is 1.46 bits per heavy atom. The highest BCUT2D eigenvalue weighted by Crippen LogP contribution is 2.27. The maximum absolute atomic E-state index is 15.0. The molecule has 39 heavy (non-hydrogen) atoms. The minimum atomic E-state index is -4.32. The number of sulfonamides is 1. The van der Waals surface area contributed by atoms with E-state index < -0.39 is 34.3 Å². The third-order valence-corrected chi connectivity index (χ3v) is 8.42. The van der Waals surface area contributed by atoms with Crippen molar-refractivity contribution in [3.63, 3.8) is 0 Å². The van der Waals surface area contributed by atoms with E-state index in [0.717, 1.165) is 27.1 Å². The predicted octanol–water partition coefficient (Wildman–Crippen LogP) is 4.97. The lowest BCUT2D eigenvalue weighted by Gasteiger charge is -2.32. The number of carbonyl (C=O) groups excluding carboxylic acids is 2. The van der Waals surface area contributed by atoms with Gasteiger partial charge in [-0.2, -0.15) is 0 Å². The van der Waals surface area contributed by atoms with E-state index in [9.17, 15) is 22.4 Å². The smallest absolute Gasteiger partial charge is 0.264 e. The summed E-state index contributed by atoms with van der Waals surface area (Å²) in [6, 6.07) is 18.0. The predicted molar refractivity (Wildman–Crippen MR) is 151 cm³/mol. The van der Waals surface area contributed by atoms with Crippen LogP contribution in [0, 0.1) is 19.7 Å². The molecule has 0 bridgehead atoms. The lowest BCUT2D eigenvalue weighted by molar-refractivity contribution is -0.139. The van der Waals surface area contributed by atoms with Crippen LogP contribution in [-0.2, 0) is 26.2 Å². The second kappa shape index (κ2) is 12.9. The summed E-state index contributed by atoms with van der Waals surface area (Å²) in [4.78, 5) is 28.2. The van der Waals surface area contributed by atoms with Crippen LogP contribution in [0.3, 0.4) is 0 Å². The molecule has 0 heterocycles. The first-order valence-electron chi connectivity index (χ1n) is 12.9. The fourth-order valence-corrected chi connectivity index (χ4v) is 5.37. The quantitative estimate of drug-likeness (QED) is 0.363. The van der Waals surface area contributed by atoms with Gasteiger partial charge in [-0.05, 0) is 63.9 Å². The Labute approximate surface area is 230 Å². The van der Waals surface area contributed by atoms with Crippen LogP contribution in [0.5, 0.6) is 0 Å². The standard InChI is InChI=1S/C30H36FN3O4S/c1-6-23(4)32-30(36)24(5)33(19-25-15-11-21(2)12-16-25)29(35)20-34(28-10-8-7-9-27(28)31)39(37,38)26-17-13-22(3)14-18-26/h7-18,23-24H,6,19-20H2,1-5H3,(H,32,36)/t23-,24+/m0/s1. The van der Waals surface area contributed by atoms with Gasteiger partial charge in [-0.15, -0.1) is 0 Å². The number of nitrogens with zero attached hydrogens (tertiary/aromatic N) is 2. The topological polar surface area (TPSA) is 86.8 Å². The maximum Gasteiger partial charge on any atom is 0.264 e. The second-order valence-corrected chi connectivity index (χ2v) is 11.6. The number of benzene rings is 3. The number of hydrogen-bond donors (Lipinski definition) is 1. The van der Waals surface area contributed by atoms with Crippen LogP contribution in [0.25, 0.3) is 0 Å². The number of aryl methyl sites for hydroxylation is 2. The van der Waals surface area contributed by atoms with Crippen molar-refractivity contribution < 1.29 is 22.4 Å². The molecule has 2 atom stereocenters. The number of hydrogen-bond acceptors (Lipinski definition) is 4. The normalized spacial score (nSPS) is 12.9. The third kappa shape index (κ3) is 7.44. The summed E-state index contributed by atoms with van der Waals surface area (Å²) in [5, 5.41) is 2.89. The van der Waals surface area contributed by atoms with Crippen molar-refractivity contribution in [2.45, 2.75) is 64.6 Å². The Morgan fingerprint density at radius 3 is 2.03 bits per heavy atom. The molecule has 0 saturated carbocycles. The molecule has 0 aromatic heterocycles. The van der Waals surface area contributed by atoms with Crippen LogP contribution in [-0.4, -0.2) is 43.8 Å². The summed E-state index contributed by atoms with van der Waals surface area (Å²) >= 11 is 0. The van der Waals surface area contributed by atoms with Crippen molar-refractivity contribution in [3.05, 3.63) is 95.3 Å². The van der Waals surface area contributed by atoms with Gasteiger partial charge in [0.05, 0.1) is 10.6 Å². The molecule has 3 rings (SSSR count). The number of para-hydroxylation sites is 1. The molecule has 0 spiro atoms. The molecular formula is C30H36FN3O4S. The maximum atomic E-state index is 15.0. The van der Waals surface area contributed by atoms with Gasteiger partial charge in [0.15, 0.2) is 0 Å². The molecular weight excluding hydrogens is 517 g/mol. The van der Waals surface area contributed by atoms with Crippen molar-refractivity contribution in [3.8, 4) is 0 Å². The first-order chi connectivity index (χ1) is 18.4. The highest BCUT2D eigenvalue weighted by Gasteiger charge is 2.33. The molecule has 0 fully saturated rings. The molecule has 2 amide bonds. The summed E-state index contributed by atoms with van der Waals surface area (Å²) in [6.07, 6.45) is 0.709. The minimum Gasteiger partial charge on any atom is -0.352 e. The largest absolute Gasteiger partial charge is 0.352 e. The fraction of sp³-hybridized carbons (Fsp3) is 0.333. The Morgan fingerprint density at radius 1 is 0.897 bits per heavy atom. The van der Waals surface area contributed by atoms with Crippen LogP contribution in [0.15, 0.2) is 77.7 Å². The van der Waals surface area contributed by atoms with Crippen LogP contribution in [0.2, 0.25) is 0 Å². The van der Waals surface area contributed by atoms with E-state index in [1.807, 2.05) is 52.0 Å². The minimum absolute atomic E-state index is 0.0724. The van der Waals surface area contributed by atoms with Gasteiger partial charge >= 0.3 is 0 Å². The molecule has 0 unspecified atom stereocenters. The molecule has 0 aliphatic carbocycles.